The van der Waals surface area contributed by atoms with Crippen molar-refractivity contribution in [2.45, 2.75) is 50.6 Å². The number of amides is 2. The van der Waals surface area contributed by atoms with Crippen LogP contribution in [-0.4, -0.2) is 50.3 Å². The SMILES string of the molecule is CC(=O)N1CCC(NC(=O)[C@@H](NS(=O)(=O)c2ccc(Cl)cc2)C(C)C)CC1. The van der Waals surface area contributed by atoms with Gasteiger partial charge in [-0.05, 0) is 43.0 Å². The molecule has 2 N–H and O–H groups in total. The predicted octanol–water partition coefficient (Wildman–Crippen LogP) is 1.77. The lowest BCUT2D eigenvalue weighted by molar-refractivity contribution is -0.130. The van der Waals surface area contributed by atoms with Crippen molar-refractivity contribution in [2.24, 2.45) is 5.92 Å². The van der Waals surface area contributed by atoms with E-state index >= 15 is 0 Å². The zero-order chi connectivity index (χ0) is 20.2. The van der Waals surface area contributed by atoms with Crippen LogP contribution in [0.5, 0.6) is 0 Å². The molecule has 0 aromatic heterocycles. The van der Waals surface area contributed by atoms with Gasteiger partial charge in [-0.1, -0.05) is 25.4 Å². The van der Waals surface area contributed by atoms with Crippen LogP contribution in [0, 0.1) is 5.92 Å². The van der Waals surface area contributed by atoms with Crippen molar-refractivity contribution in [2.75, 3.05) is 13.1 Å². The second-order valence-corrected chi connectivity index (χ2v) is 9.24. The van der Waals surface area contributed by atoms with Crippen molar-refractivity contribution >= 4 is 33.4 Å². The Labute approximate surface area is 165 Å². The first-order chi connectivity index (χ1) is 12.6. The minimum atomic E-state index is -3.85. The molecule has 1 atom stereocenters. The van der Waals surface area contributed by atoms with Gasteiger partial charge >= 0.3 is 0 Å². The normalized spacial score (nSPS) is 17.0. The molecule has 0 spiro atoms. The number of nitrogens with zero attached hydrogens (tertiary/aromatic N) is 1. The first kappa shape index (κ1) is 21.7. The van der Waals surface area contributed by atoms with Crippen LogP contribution in [0.25, 0.3) is 0 Å². The van der Waals surface area contributed by atoms with E-state index in [1.165, 1.54) is 31.2 Å². The lowest BCUT2D eigenvalue weighted by Crippen LogP contribution is -2.54. The summed E-state index contributed by atoms with van der Waals surface area (Å²) in [6.45, 7) is 6.27. The number of rotatable bonds is 6. The first-order valence-electron chi connectivity index (χ1n) is 8.94. The van der Waals surface area contributed by atoms with Crippen LogP contribution >= 0.6 is 11.6 Å². The van der Waals surface area contributed by atoms with Gasteiger partial charge in [-0.2, -0.15) is 4.72 Å². The van der Waals surface area contributed by atoms with Crippen LogP contribution in [-0.2, 0) is 19.6 Å². The molecule has 2 rings (SSSR count). The summed E-state index contributed by atoms with van der Waals surface area (Å²) in [6, 6.07) is 4.81. The van der Waals surface area contributed by atoms with E-state index in [1.807, 2.05) is 0 Å². The summed E-state index contributed by atoms with van der Waals surface area (Å²) in [5.74, 6) is -0.566. The van der Waals surface area contributed by atoms with Crippen molar-refractivity contribution in [1.82, 2.24) is 14.9 Å². The van der Waals surface area contributed by atoms with Gasteiger partial charge in [-0.3, -0.25) is 9.59 Å². The third-order valence-corrected chi connectivity index (χ3v) is 6.35. The van der Waals surface area contributed by atoms with Gasteiger partial charge in [0.05, 0.1) is 4.90 Å². The van der Waals surface area contributed by atoms with Gasteiger partial charge in [0.15, 0.2) is 0 Å². The standard InChI is InChI=1S/C18H26ClN3O4S/c1-12(2)17(21-27(25,26)16-6-4-14(19)5-7-16)18(24)20-15-8-10-22(11-9-15)13(3)23/h4-7,12,15,17,21H,8-11H2,1-3H3,(H,20,24)/t17-/m0/s1. The Kier molecular flexibility index (Phi) is 7.25. The van der Waals surface area contributed by atoms with Gasteiger partial charge < -0.3 is 10.2 Å². The average molecular weight is 416 g/mol. The second kappa shape index (κ2) is 9.03. The maximum Gasteiger partial charge on any atom is 0.241 e. The van der Waals surface area contributed by atoms with E-state index in [4.69, 9.17) is 11.6 Å². The molecule has 1 aromatic carbocycles. The molecule has 27 heavy (non-hydrogen) atoms. The monoisotopic (exact) mass is 415 g/mol. The average Bonchev–Trinajstić information content (AvgIpc) is 2.60. The highest BCUT2D eigenvalue weighted by Gasteiger charge is 2.30. The molecule has 1 aliphatic rings. The predicted molar refractivity (Wildman–Crippen MR) is 104 cm³/mol. The fraction of sp³-hybridized carbons (Fsp3) is 0.556. The Morgan fingerprint density at radius 2 is 1.70 bits per heavy atom. The van der Waals surface area contributed by atoms with E-state index in [9.17, 15) is 18.0 Å². The van der Waals surface area contributed by atoms with Crippen LogP contribution in [0.3, 0.4) is 0 Å². The molecule has 1 aromatic rings. The molecule has 7 nitrogen and oxygen atoms in total. The van der Waals surface area contributed by atoms with E-state index in [0.717, 1.165) is 0 Å². The number of carbonyl (C=O) groups is 2. The smallest absolute Gasteiger partial charge is 0.241 e. The molecule has 2 amide bonds. The molecular weight excluding hydrogens is 390 g/mol. The van der Waals surface area contributed by atoms with Crippen molar-refractivity contribution in [3.63, 3.8) is 0 Å². The molecule has 1 fully saturated rings. The second-order valence-electron chi connectivity index (χ2n) is 7.09. The molecule has 9 heteroatoms. The Hall–Kier alpha value is -1.64. The van der Waals surface area contributed by atoms with Crippen LogP contribution in [0.2, 0.25) is 5.02 Å². The zero-order valence-electron chi connectivity index (χ0n) is 15.7. The minimum absolute atomic E-state index is 0.0237. The van der Waals surface area contributed by atoms with Crippen molar-refractivity contribution < 1.29 is 18.0 Å². The number of hydrogen-bond acceptors (Lipinski definition) is 4. The Balaban J connectivity index is 2.03. The summed E-state index contributed by atoms with van der Waals surface area (Å²) in [5, 5.41) is 3.35. The molecular formula is C18H26ClN3O4S. The fourth-order valence-corrected chi connectivity index (χ4v) is 4.44. The molecule has 1 aliphatic heterocycles. The third kappa shape index (κ3) is 5.92. The maximum atomic E-state index is 12.7. The highest BCUT2D eigenvalue weighted by atomic mass is 35.5. The fourth-order valence-electron chi connectivity index (χ4n) is 2.97. The number of piperidine rings is 1. The van der Waals surface area contributed by atoms with Crippen LogP contribution < -0.4 is 10.0 Å². The van der Waals surface area contributed by atoms with Crippen molar-refractivity contribution in [3.8, 4) is 0 Å². The van der Waals surface area contributed by atoms with Gasteiger partial charge in [0.1, 0.15) is 6.04 Å². The quantitative estimate of drug-likeness (QED) is 0.740. The van der Waals surface area contributed by atoms with E-state index < -0.39 is 16.1 Å². The zero-order valence-corrected chi connectivity index (χ0v) is 17.3. The molecule has 0 aliphatic carbocycles. The number of hydrogen-bond donors (Lipinski definition) is 2. The molecule has 0 unspecified atom stereocenters. The van der Waals surface area contributed by atoms with Gasteiger partial charge in [-0.15, -0.1) is 0 Å². The molecule has 0 saturated carbocycles. The summed E-state index contributed by atoms with van der Waals surface area (Å²) in [7, 11) is -3.85. The first-order valence-corrected chi connectivity index (χ1v) is 10.8. The van der Waals surface area contributed by atoms with Gasteiger partial charge in [-0.25, -0.2) is 8.42 Å². The lowest BCUT2D eigenvalue weighted by atomic mass is 10.0. The molecule has 1 saturated heterocycles. The summed E-state index contributed by atoms with van der Waals surface area (Å²) < 4.78 is 27.7. The maximum absolute atomic E-state index is 12.7. The van der Waals surface area contributed by atoms with E-state index in [2.05, 4.69) is 10.0 Å². The highest BCUT2D eigenvalue weighted by molar-refractivity contribution is 7.89. The van der Waals surface area contributed by atoms with E-state index in [-0.39, 0.29) is 28.7 Å². The Bertz CT molecular complexity index is 772. The summed E-state index contributed by atoms with van der Waals surface area (Å²) in [6.07, 6.45) is 1.31. The number of halogens is 1. The molecule has 0 bridgehead atoms. The summed E-state index contributed by atoms with van der Waals surface area (Å²) in [5.41, 5.74) is 0. The number of likely N-dealkylation sites (tertiary alicyclic amines) is 1. The number of carbonyl (C=O) groups excluding carboxylic acids is 2. The van der Waals surface area contributed by atoms with E-state index in [1.54, 1.807) is 18.7 Å². The largest absolute Gasteiger partial charge is 0.352 e. The molecule has 150 valence electrons. The van der Waals surface area contributed by atoms with Gasteiger partial charge in [0.2, 0.25) is 21.8 Å². The van der Waals surface area contributed by atoms with E-state index in [0.29, 0.717) is 31.0 Å². The lowest BCUT2D eigenvalue weighted by Gasteiger charge is -2.33. The van der Waals surface area contributed by atoms with Gasteiger partial charge in [0.25, 0.3) is 0 Å². The van der Waals surface area contributed by atoms with Crippen LogP contribution in [0.15, 0.2) is 29.2 Å². The van der Waals surface area contributed by atoms with Crippen LogP contribution in [0.4, 0.5) is 0 Å². The summed E-state index contributed by atoms with van der Waals surface area (Å²) in [4.78, 5) is 25.9. The van der Waals surface area contributed by atoms with Crippen molar-refractivity contribution in [1.29, 1.82) is 0 Å². The van der Waals surface area contributed by atoms with Crippen LogP contribution in [0.1, 0.15) is 33.6 Å². The minimum Gasteiger partial charge on any atom is -0.352 e. The Morgan fingerprint density at radius 3 is 2.19 bits per heavy atom. The highest BCUT2D eigenvalue weighted by Crippen LogP contribution is 2.16. The summed E-state index contributed by atoms with van der Waals surface area (Å²) >= 11 is 5.80. The topological polar surface area (TPSA) is 95.6 Å². The van der Waals surface area contributed by atoms with Crippen molar-refractivity contribution in [3.05, 3.63) is 29.3 Å². The number of nitrogens with one attached hydrogen (secondary N) is 2. The number of sulfonamides is 1. The Morgan fingerprint density at radius 1 is 1.15 bits per heavy atom. The molecule has 1 heterocycles. The van der Waals surface area contributed by atoms with Gasteiger partial charge in [0, 0.05) is 31.1 Å². The number of benzene rings is 1. The third-order valence-electron chi connectivity index (χ3n) is 4.64. The molecule has 0 radical (unpaired) electrons.